The first-order chi connectivity index (χ1) is 20.1. The molecule has 0 radical (unpaired) electrons. The minimum Gasteiger partial charge on any atom is -0.479 e. The van der Waals surface area contributed by atoms with Gasteiger partial charge in [-0.1, -0.05) is 26.0 Å². The number of carboxylic acid groups (broad SMARTS) is 1. The molecule has 1 aromatic heterocycles. The Morgan fingerprint density at radius 1 is 0.977 bits per heavy atom. The molecule has 0 aliphatic carbocycles. The third-order valence-corrected chi connectivity index (χ3v) is 8.57. The van der Waals surface area contributed by atoms with E-state index in [1.807, 2.05) is 46.8 Å². The Morgan fingerprint density at radius 3 is 2.21 bits per heavy atom. The van der Waals surface area contributed by atoms with E-state index in [1.54, 1.807) is 4.90 Å². The van der Waals surface area contributed by atoms with Crippen molar-refractivity contribution in [2.75, 3.05) is 18.0 Å². The number of nitrogens with zero attached hydrogens (tertiary/aromatic N) is 3. The predicted molar refractivity (Wildman–Crippen MR) is 166 cm³/mol. The number of aryl methyl sites for hydroxylation is 2. The van der Waals surface area contributed by atoms with E-state index in [2.05, 4.69) is 24.8 Å². The molecule has 3 aromatic rings. The van der Waals surface area contributed by atoms with Gasteiger partial charge in [0.25, 0.3) is 5.91 Å². The Hall–Kier alpha value is -3.78. The zero-order valence-corrected chi connectivity index (χ0v) is 26.3. The molecule has 0 spiro atoms. The Morgan fingerprint density at radius 2 is 1.60 bits per heavy atom. The zero-order valence-electron chi connectivity index (χ0n) is 26.3. The van der Waals surface area contributed by atoms with Gasteiger partial charge < -0.3 is 19.6 Å². The van der Waals surface area contributed by atoms with Crippen LogP contribution in [0.4, 0.5) is 10.1 Å². The van der Waals surface area contributed by atoms with Crippen molar-refractivity contribution in [3.05, 3.63) is 81.9 Å². The van der Waals surface area contributed by atoms with Gasteiger partial charge in [0.15, 0.2) is 6.10 Å². The van der Waals surface area contributed by atoms with E-state index < -0.39 is 17.7 Å². The van der Waals surface area contributed by atoms with Crippen LogP contribution >= 0.6 is 0 Å². The monoisotopic (exact) mass is 587 g/mol. The molecule has 2 aliphatic rings. The molecule has 1 atom stereocenters. The summed E-state index contributed by atoms with van der Waals surface area (Å²) in [6.07, 6.45) is 0.777. The maximum Gasteiger partial charge on any atom is 0.337 e. The van der Waals surface area contributed by atoms with Gasteiger partial charge in [-0.15, -0.1) is 0 Å². The lowest BCUT2D eigenvalue weighted by atomic mass is 9.81. The van der Waals surface area contributed by atoms with Crippen LogP contribution in [0.15, 0.2) is 42.5 Å². The van der Waals surface area contributed by atoms with E-state index in [0.29, 0.717) is 29.9 Å². The van der Waals surface area contributed by atoms with Crippen molar-refractivity contribution in [2.24, 2.45) is 5.41 Å². The van der Waals surface area contributed by atoms with E-state index in [0.717, 1.165) is 59.6 Å². The lowest BCUT2D eigenvalue weighted by Crippen LogP contribution is -2.39. The molecule has 1 amide bonds. The number of aliphatic carboxylic acids is 1. The van der Waals surface area contributed by atoms with Gasteiger partial charge in [-0.25, -0.2) is 9.18 Å². The number of halogens is 1. The molecule has 2 aliphatic heterocycles. The predicted octanol–water partition coefficient (Wildman–Crippen LogP) is 7.23. The molecule has 5 rings (SSSR count). The van der Waals surface area contributed by atoms with Crippen LogP contribution in [0.2, 0.25) is 0 Å². The molecule has 1 N–H and O–H groups in total. The first-order valence-electron chi connectivity index (χ1n) is 15.0. The number of piperidine rings is 1. The van der Waals surface area contributed by atoms with E-state index >= 15 is 0 Å². The van der Waals surface area contributed by atoms with Crippen molar-refractivity contribution < 1.29 is 23.8 Å². The standard InChI is InChI=1S/C35H42FN3O4/c1-21-28(24-8-9-25-19-39(20-26(25)18-24)32(40)23-10-12-27(36)13-11-23)30(38-16-14-35(6,7)15-17-38)29(22(2)37-21)31(33(41)42)43-34(3,4)5/h8-13,18,31H,14-17,19-20H2,1-7H3,(H,41,42)/t31-/m0/s1. The third kappa shape index (κ3) is 6.44. The van der Waals surface area contributed by atoms with Gasteiger partial charge in [-0.3, -0.25) is 9.78 Å². The molecule has 0 unspecified atom stereocenters. The number of hydrogen-bond acceptors (Lipinski definition) is 5. The van der Waals surface area contributed by atoms with Crippen molar-refractivity contribution in [1.29, 1.82) is 0 Å². The van der Waals surface area contributed by atoms with Crippen LogP contribution in [-0.2, 0) is 22.6 Å². The van der Waals surface area contributed by atoms with Crippen molar-refractivity contribution in [2.45, 2.75) is 86.1 Å². The number of pyridine rings is 1. The highest BCUT2D eigenvalue weighted by atomic mass is 19.1. The number of fused-ring (bicyclic) bond motifs is 1. The van der Waals surface area contributed by atoms with Crippen molar-refractivity contribution in [3.63, 3.8) is 0 Å². The number of rotatable bonds is 6. The van der Waals surface area contributed by atoms with E-state index in [4.69, 9.17) is 9.72 Å². The summed E-state index contributed by atoms with van der Waals surface area (Å²) in [4.78, 5) is 34.9. The van der Waals surface area contributed by atoms with Gasteiger partial charge in [-0.05, 0) is 99.9 Å². The molecule has 0 saturated carbocycles. The highest BCUT2D eigenvalue weighted by Crippen LogP contribution is 2.45. The topological polar surface area (TPSA) is 83.0 Å². The molecule has 2 aromatic carbocycles. The number of ether oxygens (including phenoxy) is 1. The molecule has 8 heteroatoms. The number of carbonyl (C=O) groups excluding carboxylic acids is 1. The van der Waals surface area contributed by atoms with Gasteiger partial charge in [0.2, 0.25) is 0 Å². The fourth-order valence-electron chi connectivity index (χ4n) is 6.22. The summed E-state index contributed by atoms with van der Waals surface area (Å²) >= 11 is 0. The van der Waals surface area contributed by atoms with E-state index in [9.17, 15) is 19.1 Å². The van der Waals surface area contributed by atoms with Gasteiger partial charge >= 0.3 is 5.97 Å². The van der Waals surface area contributed by atoms with E-state index in [1.165, 1.54) is 24.3 Å². The second kappa shape index (κ2) is 11.4. The Kier molecular flexibility index (Phi) is 8.11. The maximum absolute atomic E-state index is 13.4. The highest BCUT2D eigenvalue weighted by Gasteiger charge is 2.37. The number of carboxylic acids is 1. The minimum atomic E-state index is -1.19. The minimum absolute atomic E-state index is 0.145. The average Bonchev–Trinajstić information content (AvgIpc) is 3.35. The second-order valence-electron chi connectivity index (χ2n) is 13.7. The van der Waals surface area contributed by atoms with Crippen LogP contribution in [0.5, 0.6) is 0 Å². The number of amides is 1. The van der Waals surface area contributed by atoms with Crippen molar-refractivity contribution in [3.8, 4) is 11.1 Å². The molecular weight excluding hydrogens is 545 g/mol. The van der Waals surface area contributed by atoms with Crippen LogP contribution in [0, 0.1) is 25.1 Å². The number of carbonyl (C=O) groups is 2. The SMILES string of the molecule is Cc1nc(C)c([C@H](OC(C)(C)C)C(=O)O)c(N2CCC(C)(C)CC2)c1-c1ccc2c(c1)CN(C(=O)c1ccc(F)cc1)C2. The normalized spacial score (nSPS) is 17.1. The first kappa shape index (κ1) is 30.7. The molecular formula is C35H42FN3O4. The van der Waals surface area contributed by atoms with Gasteiger partial charge in [0.1, 0.15) is 5.82 Å². The van der Waals surface area contributed by atoms with Crippen molar-refractivity contribution in [1.82, 2.24) is 9.88 Å². The lowest BCUT2D eigenvalue weighted by molar-refractivity contribution is -0.160. The Balaban J connectivity index is 1.60. The van der Waals surface area contributed by atoms with Crippen LogP contribution in [0.3, 0.4) is 0 Å². The maximum atomic E-state index is 13.4. The summed E-state index contributed by atoms with van der Waals surface area (Å²) in [5, 5.41) is 10.4. The summed E-state index contributed by atoms with van der Waals surface area (Å²) in [5.41, 5.74) is 6.81. The smallest absolute Gasteiger partial charge is 0.337 e. The zero-order chi connectivity index (χ0) is 31.3. The molecule has 1 saturated heterocycles. The number of hydrogen-bond donors (Lipinski definition) is 1. The highest BCUT2D eigenvalue weighted by molar-refractivity contribution is 5.94. The van der Waals surface area contributed by atoms with Crippen LogP contribution < -0.4 is 4.90 Å². The number of aromatic nitrogens is 1. The summed E-state index contributed by atoms with van der Waals surface area (Å²) in [6.45, 7) is 16.5. The second-order valence-corrected chi connectivity index (χ2v) is 13.7. The van der Waals surface area contributed by atoms with Gasteiger partial charge in [0, 0.05) is 54.3 Å². The molecule has 3 heterocycles. The Labute approximate surface area is 253 Å². The lowest BCUT2D eigenvalue weighted by Gasteiger charge is -2.41. The van der Waals surface area contributed by atoms with Gasteiger partial charge in [-0.2, -0.15) is 0 Å². The summed E-state index contributed by atoms with van der Waals surface area (Å²) < 4.78 is 19.6. The fraction of sp³-hybridized carbons (Fsp3) is 0.457. The summed E-state index contributed by atoms with van der Waals surface area (Å²) in [6, 6.07) is 11.8. The average molecular weight is 588 g/mol. The summed E-state index contributed by atoms with van der Waals surface area (Å²) in [7, 11) is 0. The molecule has 228 valence electrons. The third-order valence-electron chi connectivity index (χ3n) is 8.57. The molecule has 43 heavy (non-hydrogen) atoms. The first-order valence-corrected chi connectivity index (χ1v) is 15.0. The van der Waals surface area contributed by atoms with Crippen LogP contribution in [0.1, 0.15) is 92.0 Å². The number of anilines is 1. The number of benzene rings is 2. The largest absolute Gasteiger partial charge is 0.479 e. The van der Waals surface area contributed by atoms with Crippen LogP contribution in [0.25, 0.3) is 11.1 Å². The molecule has 7 nitrogen and oxygen atoms in total. The summed E-state index contributed by atoms with van der Waals surface area (Å²) in [5.74, 6) is -1.57. The Bertz CT molecular complexity index is 1550. The van der Waals surface area contributed by atoms with Gasteiger partial charge in [0.05, 0.1) is 11.3 Å². The molecule has 1 fully saturated rings. The van der Waals surface area contributed by atoms with Crippen LogP contribution in [-0.4, -0.2) is 45.6 Å². The fourth-order valence-corrected chi connectivity index (χ4v) is 6.22. The quantitative estimate of drug-likeness (QED) is 0.328. The van der Waals surface area contributed by atoms with Crippen molar-refractivity contribution >= 4 is 17.6 Å². The van der Waals surface area contributed by atoms with E-state index in [-0.39, 0.29) is 17.1 Å². The molecule has 0 bridgehead atoms.